The van der Waals surface area contributed by atoms with Crippen LogP contribution in [0.2, 0.25) is 0 Å². The van der Waals surface area contributed by atoms with Gasteiger partial charge in [0.2, 0.25) is 5.75 Å². The van der Waals surface area contributed by atoms with Crippen LogP contribution in [0.5, 0.6) is 11.5 Å². The fraction of sp³-hybridized carbons (Fsp3) is 0.697. The van der Waals surface area contributed by atoms with E-state index in [2.05, 4.69) is 28.5 Å². The normalized spacial score (nSPS) is 28.6. The van der Waals surface area contributed by atoms with E-state index < -0.39 is 47.3 Å². The number of allylic oxidation sites excluding steroid dienone is 2. The highest BCUT2D eigenvalue weighted by Crippen LogP contribution is 2.42. The number of rotatable bonds is 12. The number of ether oxygens (including phenoxy) is 3. The highest BCUT2D eigenvalue weighted by Gasteiger charge is 2.44. The molecule has 3 aliphatic rings. The SMILES string of the molecule is CCCC1CCC(C2CCC(CC/C=C/C3CCC(C(F)(F)Oc4cc(F)c(OC(F)=C(F)F)c(F)c4)CC3)CC2)OC1. The second kappa shape index (κ2) is 15.7. The molecule has 0 N–H and O–H groups in total. The lowest BCUT2D eigenvalue weighted by Crippen LogP contribution is -2.37. The molecule has 242 valence electrons. The molecule has 0 bridgehead atoms. The number of benzene rings is 1. The van der Waals surface area contributed by atoms with Crippen LogP contribution in [-0.2, 0) is 4.74 Å². The maximum Gasteiger partial charge on any atom is 0.400 e. The zero-order chi connectivity index (χ0) is 31.0. The highest BCUT2D eigenvalue weighted by molar-refractivity contribution is 5.36. The van der Waals surface area contributed by atoms with Gasteiger partial charge in [-0.15, -0.1) is 0 Å². The molecule has 1 saturated heterocycles. The maximum absolute atomic E-state index is 14.8. The Bertz CT molecular complexity index is 1060. The Morgan fingerprint density at radius 3 is 2.12 bits per heavy atom. The molecule has 1 heterocycles. The summed E-state index contributed by atoms with van der Waals surface area (Å²) in [6.07, 6.45) is 11.6. The van der Waals surface area contributed by atoms with Gasteiger partial charge < -0.3 is 14.2 Å². The molecular weight excluding hydrogens is 577 g/mol. The molecule has 3 fully saturated rings. The fourth-order valence-electron chi connectivity index (χ4n) is 7.01. The molecule has 2 saturated carbocycles. The lowest BCUT2D eigenvalue weighted by Gasteiger charge is -2.38. The van der Waals surface area contributed by atoms with Crippen LogP contribution in [0.25, 0.3) is 0 Å². The largest absolute Gasteiger partial charge is 0.432 e. The van der Waals surface area contributed by atoms with Crippen molar-refractivity contribution in [3.05, 3.63) is 48.0 Å². The Balaban J connectivity index is 1.15. The first-order valence-corrected chi connectivity index (χ1v) is 15.8. The van der Waals surface area contributed by atoms with Crippen LogP contribution in [0.4, 0.5) is 30.7 Å². The first-order chi connectivity index (χ1) is 20.6. The van der Waals surface area contributed by atoms with E-state index in [9.17, 15) is 30.7 Å². The van der Waals surface area contributed by atoms with Gasteiger partial charge in [-0.25, -0.2) is 8.78 Å². The summed E-state index contributed by atoms with van der Waals surface area (Å²) in [4.78, 5) is 0. The zero-order valence-electron chi connectivity index (χ0n) is 24.8. The number of halogens is 7. The molecular formula is C33H43F7O3. The predicted octanol–water partition coefficient (Wildman–Crippen LogP) is 10.9. The number of hydrogen-bond donors (Lipinski definition) is 0. The first kappa shape index (κ1) is 33.7. The van der Waals surface area contributed by atoms with Crippen LogP contribution in [0.15, 0.2) is 36.4 Å². The lowest BCUT2D eigenvalue weighted by atomic mass is 9.75. The maximum atomic E-state index is 14.8. The van der Waals surface area contributed by atoms with E-state index >= 15 is 0 Å². The van der Waals surface area contributed by atoms with E-state index in [1.807, 2.05) is 0 Å². The molecule has 0 aromatic heterocycles. The van der Waals surface area contributed by atoms with Crippen molar-refractivity contribution in [2.75, 3.05) is 6.61 Å². The Kier molecular flexibility index (Phi) is 12.3. The second-order valence-electron chi connectivity index (χ2n) is 12.5. The average molecular weight is 621 g/mol. The van der Waals surface area contributed by atoms with Gasteiger partial charge in [-0.1, -0.05) is 38.3 Å². The van der Waals surface area contributed by atoms with Gasteiger partial charge in [-0.05, 0) is 94.3 Å². The van der Waals surface area contributed by atoms with Crippen molar-refractivity contribution in [1.29, 1.82) is 0 Å². The quantitative estimate of drug-likeness (QED) is 0.132. The van der Waals surface area contributed by atoms with Gasteiger partial charge in [0.25, 0.3) is 0 Å². The molecule has 2 aliphatic carbocycles. The predicted molar refractivity (Wildman–Crippen MR) is 150 cm³/mol. The van der Waals surface area contributed by atoms with Crippen molar-refractivity contribution in [2.45, 2.75) is 109 Å². The Morgan fingerprint density at radius 2 is 1.53 bits per heavy atom. The smallest absolute Gasteiger partial charge is 0.400 e. The minimum atomic E-state index is -3.70. The van der Waals surface area contributed by atoms with Gasteiger partial charge in [0.15, 0.2) is 11.6 Å². The van der Waals surface area contributed by atoms with E-state index in [1.54, 1.807) is 0 Å². The third kappa shape index (κ3) is 9.63. The molecule has 2 atom stereocenters. The Morgan fingerprint density at radius 1 is 0.884 bits per heavy atom. The van der Waals surface area contributed by atoms with Crippen molar-refractivity contribution in [1.82, 2.24) is 0 Å². The fourth-order valence-corrected chi connectivity index (χ4v) is 7.01. The molecule has 1 aromatic rings. The summed E-state index contributed by atoms with van der Waals surface area (Å²) in [7, 11) is 0. The van der Waals surface area contributed by atoms with Gasteiger partial charge in [0.05, 0.1) is 12.0 Å². The molecule has 43 heavy (non-hydrogen) atoms. The van der Waals surface area contributed by atoms with Gasteiger partial charge in [0.1, 0.15) is 5.75 Å². The number of alkyl halides is 2. The topological polar surface area (TPSA) is 27.7 Å². The van der Waals surface area contributed by atoms with Crippen LogP contribution < -0.4 is 9.47 Å². The average Bonchev–Trinajstić information content (AvgIpc) is 2.98. The summed E-state index contributed by atoms with van der Waals surface area (Å²) < 4.78 is 110. The lowest BCUT2D eigenvalue weighted by molar-refractivity contribution is -0.223. The summed E-state index contributed by atoms with van der Waals surface area (Å²) in [5.74, 6) is -4.43. The molecule has 1 aromatic carbocycles. The zero-order valence-corrected chi connectivity index (χ0v) is 24.8. The van der Waals surface area contributed by atoms with Crippen molar-refractivity contribution in [3.8, 4) is 11.5 Å². The van der Waals surface area contributed by atoms with E-state index in [0.717, 1.165) is 31.3 Å². The summed E-state index contributed by atoms with van der Waals surface area (Å²) in [5, 5.41) is 0. The van der Waals surface area contributed by atoms with E-state index in [-0.39, 0.29) is 18.8 Å². The Hall–Kier alpha value is -2.23. The monoisotopic (exact) mass is 620 g/mol. The summed E-state index contributed by atoms with van der Waals surface area (Å²) in [6.45, 7) is 3.16. The van der Waals surface area contributed by atoms with E-state index in [4.69, 9.17) is 4.74 Å². The van der Waals surface area contributed by atoms with E-state index in [0.29, 0.717) is 37.0 Å². The Labute approximate surface area is 249 Å². The van der Waals surface area contributed by atoms with Gasteiger partial charge >= 0.3 is 18.2 Å². The van der Waals surface area contributed by atoms with Crippen molar-refractivity contribution in [2.24, 2.45) is 29.6 Å². The van der Waals surface area contributed by atoms with Gasteiger partial charge in [-0.2, -0.15) is 22.0 Å². The van der Waals surface area contributed by atoms with Crippen LogP contribution in [0.1, 0.15) is 96.8 Å². The van der Waals surface area contributed by atoms with Crippen molar-refractivity contribution < 1.29 is 44.9 Å². The number of hydrogen-bond acceptors (Lipinski definition) is 3. The molecule has 1 aliphatic heterocycles. The summed E-state index contributed by atoms with van der Waals surface area (Å²) >= 11 is 0. The van der Waals surface area contributed by atoms with Crippen LogP contribution in [-0.4, -0.2) is 18.8 Å². The standard InChI is InChI=1S/C33H43F7O3/c1-2-5-23-12-17-29(41-20-23)24-13-8-21(9-14-24)6-3-4-7-22-10-15-25(16-11-22)33(39,40)43-26-18-27(34)30(28(35)19-26)42-32(38)31(36)37/h4,7,18-19,21-25,29H,2-3,5-6,8-17,20H2,1H3/b7-4+. The molecule has 0 spiro atoms. The molecule has 4 rings (SSSR count). The van der Waals surface area contributed by atoms with E-state index in [1.165, 1.54) is 51.4 Å². The van der Waals surface area contributed by atoms with Gasteiger partial charge in [-0.3, -0.25) is 0 Å². The molecule has 0 amide bonds. The summed E-state index contributed by atoms with van der Waals surface area (Å²) in [6, 6.07) is -1.79. The first-order valence-electron chi connectivity index (χ1n) is 15.8. The van der Waals surface area contributed by atoms with Crippen LogP contribution in [0, 0.1) is 41.2 Å². The molecule has 10 heteroatoms. The highest BCUT2D eigenvalue weighted by atomic mass is 19.3. The minimum absolute atomic E-state index is 0.173. The third-order valence-corrected chi connectivity index (χ3v) is 9.48. The van der Waals surface area contributed by atoms with Crippen LogP contribution in [0.3, 0.4) is 0 Å². The second-order valence-corrected chi connectivity index (χ2v) is 12.5. The molecule has 3 nitrogen and oxygen atoms in total. The molecule has 0 radical (unpaired) electrons. The third-order valence-electron chi connectivity index (χ3n) is 9.48. The molecule has 2 unspecified atom stereocenters. The van der Waals surface area contributed by atoms with Crippen LogP contribution >= 0.6 is 0 Å². The van der Waals surface area contributed by atoms with Crippen molar-refractivity contribution >= 4 is 0 Å². The van der Waals surface area contributed by atoms with Gasteiger partial charge in [0, 0.05) is 18.7 Å². The van der Waals surface area contributed by atoms with Crippen molar-refractivity contribution in [3.63, 3.8) is 0 Å². The summed E-state index contributed by atoms with van der Waals surface area (Å²) in [5.41, 5.74) is 0. The minimum Gasteiger partial charge on any atom is -0.432 e.